The molecule has 0 spiro atoms. The largest absolute Gasteiger partial charge is 0.344 e. The molecule has 2 heterocycles. The Kier molecular flexibility index (Phi) is 7.74. The van der Waals surface area contributed by atoms with Crippen molar-refractivity contribution in [3.8, 4) is 0 Å². The number of hydrogen-bond donors (Lipinski definition) is 3. The minimum atomic E-state index is -3.77. The second-order valence-electron chi connectivity index (χ2n) is 12.0. The van der Waals surface area contributed by atoms with Crippen LogP contribution in [-0.4, -0.2) is 66.4 Å². The number of rotatable bonds is 4. The first-order chi connectivity index (χ1) is 17.3. The third kappa shape index (κ3) is 6.18. The van der Waals surface area contributed by atoms with Crippen LogP contribution in [0.3, 0.4) is 0 Å². The van der Waals surface area contributed by atoms with Crippen LogP contribution in [0.1, 0.15) is 85.0 Å². The lowest BCUT2D eigenvalue weighted by Crippen LogP contribution is -2.58. The van der Waals surface area contributed by atoms with Crippen molar-refractivity contribution in [1.82, 2.24) is 20.3 Å². The van der Waals surface area contributed by atoms with Gasteiger partial charge in [0.05, 0.1) is 5.25 Å². The molecule has 3 fully saturated rings. The number of sulfonamides is 1. The molecule has 206 valence electrons. The third-order valence-corrected chi connectivity index (χ3v) is 9.64. The second kappa shape index (κ2) is 10.4. The van der Waals surface area contributed by atoms with E-state index in [2.05, 4.69) is 15.4 Å². The molecular formula is C26H40N4O6S. The summed E-state index contributed by atoms with van der Waals surface area (Å²) in [6.07, 6.45) is 10.1. The summed E-state index contributed by atoms with van der Waals surface area (Å²) in [6.45, 7) is 5.75. The molecule has 0 aromatic heterocycles. The van der Waals surface area contributed by atoms with Crippen LogP contribution in [0.5, 0.6) is 0 Å². The topological polar surface area (TPSA) is 142 Å². The summed E-state index contributed by atoms with van der Waals surface area (Å²) in [7, 11) is -3.77. The lowest BCUT2D eigenvalue weighted by Gasteiger charge is -2.31. The summed E-state index contributed by atoms with van der Waals surface area (Å²) in [6, 6.07) is -1.50. The lowest BCUT2D eigenvalue weighted by atomic mass is 9.94. The molecule has 11 heteroatoms. The molecule has 2 aliphatic heterocycles. The number of fused-ring (bicyclic) bond motifs is 2. The van der Waals surface area contributed by atoms with E-state index in [0.717, 1.165) is 25.7 Å². The van der Waals surface area contributed by atoms with E-state index >= 15 is 0 Å². The van der Waals surface area contributed by atoms with Crippen LogP contribution in [-0.2, 0) is 29.2 Å². The van der Waals surface area contributed by atoms with Gasteiger partial charge in [0.25, 0.3) is 5.91 Å². The predicted molar refractivity (Wildman–Crippen MR) is 137 cm³/mol. The fraction of sp³-hybridized carbons (Fsp3) is 0.769. The number of hydrogen-bond acceptors (Lipinski definition) is 6. The van der Waals surface area contributed by atoms with Crippen molar-refractivity contribution in [1.29, 1.82) is 0 Å². The Morgan fingerprint density at radius 1 is 1.05 bits per heavy atom. The van der Waals surface area contributed by atoms with Crippen LogP contribution in [0, 0.1) is 11.3 Å². The standard InChI is InChI=1S/C26H40N4O6S/c1-25(2,3)23(33)27-19-11-8-6-4-5-7-10-17-16-26(17,24(34)29-37(35,36)18-13-14-18)28-21(31)20-12-9-15-30(20)22(19)32/h7,10,17-20H,4-6,8-9,11-16H2,1-3H3,(H,27,33)(H,28,31)(H,29,34)/b10-7-/t17-,19+,20+,26-/m1/s1. The Morgan fingerprint density at radius 2 is 1.78 bits per heavy atom. The average molecular weight is 537 g/mol. The monoisotopic (exact) mass is 536 g/mol. The molecule has 0 aromatic rings. The first-order valence-electron chi connectivity index (χ1n) is 13.5. The molecule has 0 radical (unpaired) electrons. The van der Waals surface area contributed by atoms with Crippen LogP contribution in [0.15, 0.2) is 12.2 Å². The first-order valence-corrected chi connectivity index (χ1v) is 15.1. The molecule has 4 atom stereocenters. The zero-order chi connectivity index (χ0) is 27.0. The molecule has 10 nitrogen and oxygen atoms in total. The van der Waals surface area contributed by atoms with E-state index in [1.807, 2.05) is 12.2 Å². The van der Waals surface area contributed by atoms with E-state index in [9.17, 15) is 27.6 Å². The van der Waals surface area contributed by atoms with Crippen molar-refractivity contribution in [3.63, 3.8) is 0 Å². The molecular weight excluding hydrogens is 496 g/mol. The SMILES string of the molecule is CC(C)(C)C(=O)N[C@H]1CCCCC/C=C\[C@@H]2C[C@@]2(C(=O)NS(=O)(=O)C2CC2)NC(=O)[C@@H]2CCCN2C1=O. The summed E-state index contributed by atoms with van der Waals surface area (Å²) >= 11 is 0. The van der Waals surface area contributed by atoms with Crippen molar-refractivity contribution >= 4 is 33.7 Å². The minimum absolute atomic E-state index is 0.222. The van der Waals surface area contributed by atoms with Gasteiger partial charge < -0.3 is 15.5 Å². The summed E-state index contributed by atoms with van der Waals surface area (Å²) in [5.41, 5.74) is -2.00. The maximum absolute atomic E-state index is 13.6. The first kappa shape index (κ1) is 27.6. The molecule has 2 saturated carbocycles. The summed E-state index contributed by atoms with van der Waals surface area (Å²) in [4.78, 5) is 54.5. The predicted octanol–water partition coefficient (Wildman–Crippen LogP) is 1.51. The number of carbonyl (C=O) groups is 4. The minimum Gasteiger partial charge on any atom is -0.344 e. The van der Waals surface area contributed by atoms with Crippen molar-refractivity contribution in [2.45, 2.75) is 108 Å². The maximum Gasteiger partial charge on any atom is 0.259 e. The van der Waals surface area contributed by atoms with Crippen molar-refractivity contribution < 1.29 is 27.6 Å². The van der Waals surface area contributed by atoms with Gasteiger partial charge in [0.2, 0.25) is 27.7 Å². The van der Waals surface area contributed by atoms with Crippen LogP contribution in [0.2, 0.25) is 0 Å². The Balaban J connectivity index is 1.56. The number of nitrogens with zero attached hydrogens (tertiary/aromatic N) is 1. The number of allylic oxidation sites excluding steroid dienone is 1. The molecule has 4 aliphatic rings. The highest BCUT2D eigenvalue weighted by atomic mass is 32.2. The molecule has 3 N–H and O–H groups in total. The van der Waals surface area contributed by atoms with Gasteiger partial charge in [-0.15, -0.1) is 0 Å². The van der Waals surface area contributed by atoms with Crippen molar-refractivity contribution in [3.05, 3.63) is 12.2 Å². The van der Waals surface area contributed by atoms with E-state index in [0.29, 0.717) is 45.1 Å². The molecule has 2 aliphatic carbocycles. The molecule has 0 unspecified atom stereocenters. The number of nitrogens with one attached hydrogen (secondary N) is 3. The fourth-order valence-corrected chi connectivity index (χ4v) is 6.51. The van der Waals surface area contributed by atoms with Crippen LogP contribution >= 0.6 is 0 Å². The molecule has 4 rings (SSSR count). The Bertz CT molecular complexity index is 1080. The highest BCUT2D eigenvalue weighted by Crippen LogP contribution is 2.46. The summed E-state index contributed by atoms with van der Waals surface area (Å²) in [5.74, 6) is -1.99. The zero-order valence-electron chi connectivity index (χ0n) is 22.0. The van der Waals surface area contributed by atoms with Gasteiger partial charge in [0, 0.05) is 17.9 Å². The Labute approximate surface area is 219 Å². The van der Waals surface area contributed by atoms with Gasteiger partial charge in [-0.25, -0.2) is 8.42 Å². The summed E-state index contributed by atoms with van der Waals surface area (Å²) < 4.78 is 27.1. The van der Waals surface area contributed by atoms with Gasteiger partial charge in [0.15, 0.2) is 0 Å². The zero-order valence-corrected chi connectivity index (χ0v) is 22.9. The smallest absolute Gasteiger partial charge is 0.259 e. The second-order valence-corrected chi connectivity index (χ2v) is 13.9. The molecule has 1 saturated heterocycles. The third-order valence-electron chi connectivity index (χ3n) is 7.82. The van der Waals surface area contributed by atoms with Crippen LogP contribution in [0.25, 0.3) is 0 Å². The van der Waals surface area contributed by atoms with Crippen LogP contribution < -0.4 is 15.4 Å². The lowest BCUT2D eigenvalue weighted by molar-refractivity contribution is -0.143. The van der Waals surface area contributed by atoms with E-state index in [1.165, 1.54) is 4.90 Å². The van der Waals surface area contributed by atoms with Crippen molar-refractivity contribution in [2.75, 3.05) is 6.54 Å². The number of carbonyl (C=O) groups excluding carboxylic acids is 4. The van der Waals surface area contributed by atoms with E-state index in [4.69, 9.17) is 0 Å². The Hall–Kier alpha value is -2.43. The molecule has 0 bridgehead atoms. The molecule has 4 amide bonds. The van der Waals surface area contributed by atoms with E-state index in [1.54, 1.807) is 20.8 Å². The Morgan fingerprint density at radius 3 is 2.46 bits per heavy atom. The van der Waals surface area contributed by atoms with Gasteiger partial charge in [-0.2, -0.15) is 0 Å². The van der Waals surface area contributed by atoms with Gasteiger partial charge in [-0.3, -0.25) is 23.9 Å². The maximum atomic E-state index is 13.6. The molecule has 37 heavy (non-hydrogen) atoms. The van der Waals surface area contributed by atoms with Crippen LogP contribution in [0.4, 0.5) is 0 Å². The normalized spacial score (nSPS) is 32.2. The molecule has 0 aromatic carbocycles. The van der Waals surface area contributed by atoms with Gasteiger partial charge in [0.1, 0.15) is 17.6 Å². The number of amides is 4. The van der Waals surface area contributed by atoms with Gasteiger partial charge in [-0.05, 0) is 51.4 Å². The van der Waals surface area contributed by atoms with E-state index < -0.39 is 50.1 Å². The summed E-state index contributed by atoms with van der Waals surface area (Å²) in [5, 5.41) is 5.20. The van der Waals surface area contributed by atoms with Gasteiger partial charge >= 0.3 is 0 Å². The average Bonchev–Trinajstić information content (AvgIpc) is 3.72. The quantitative estimate of drug-likeness (QED) is 0.465. The van der Waals surface area contributed by atoms with Crippen molar-refractivity contribution in [2.24, 2.45) is 11.3 Å². The highest BCUT2D eigenvalue weighted by molar-refractivity contribution is 7.91. The van der Waals surface area contributed by atoms with E-state index in [-0.39, 0.29) is 17.7 Å². The fourth-order valence-electron chi connectivity index (χ4n) is 5.15. The van der Waals surface area contributed by atoms with Gasteiger partial charge in [-0.1, -0.05) is 45.8 Å². The highest BCUT2D eigenvalue weighted by Gasteiger charge is 2.61.